The molecule has 168 valence electrons. The molecule has 0 aliphatic heterocycles. The zero-order chi connectivity index (χ0) is 21.9. The summed E-state index contributed by atoms with van der Waals surface area (Å²) < 4.78 is 0. The molecule has 2 nitrogen and oxygen atoms in total. The zero-order valence-corrected chi connectivity index (χ0v) is 20.2. The van der Waals surface area contributed by atoms with Crippen molar-refractivity contribution in [1.29, 1.82) is 0 Å². The molecule has 2 N–H and O–H groups in total. The number of hydrogen-bond donors (Lipinski definition) is 2. The van der Waals surface area contributed by atoms with E-state index in [2.05, 4.69) is 41.5 Å². The highest BCUT2D eigenvalue weighted by molar-refractivity contribution is 5.46. The number of aryl methyl sites for hydroxylation is 2. The second-order valence-corrected chi connectivity index (χ2v) is 11.0. The lowest BCUT2D eigenvalue weighted by molar-refractivity contribution is 0.307. The number of hydrogen-bond acceptors (Lipinski definition) is 2. The number of phenols is 2. The van der Waals surface area contributed by atoms with E-state index in [4.69, 9.17) is 0 Å². The fourth-order valence-electron chi connectivity index (χ4n) is 3.90. The van der Waals surface area contributed by atoms with Gasteiger partial charge in [0.25, 0.3) is 0 Å². The topological polar surface area (TPSA) is 40.5 Å². The van der Waals surface area contributed by atoms with Gasteiger partial charge >= 0.3 is 0 Å². The molecule has 0 radical (unpaired) electrons. The summed E-state index contributed by atoms with van der Waals surface area (Å²) in [4.78, 5) is 0. The Morgan fingerprint density at radius 3 is 1.55 bits per heavy atom. The molecule has 0 fully saturated rings. The Morgan fingerprint density at radius 2 is 1.10 bits per heavy atom. The smallest absolute Gasteiger partial charge is 0.122 e. The Balaban J connectivity index is 2.37. The minimum atomic E-state index is 0.297. The third-order valence-corrected chi connectivity index (χ3v) is 6.38. The first-order valence-corrected chi connectivity index (χ1v) is 12.1. The van der Waals surface area contributed by atoms with Gasteiger partial charge in [0.15, 0.2) is 0 Å². The van der Waals surface area contributed by atoms with Gasteiger partial charge in [-0.1, -0.05) is 86.5 Å². The maximum absolute atomic E-state index is 10.7. The van der Waals surface area contributed by atoms with Gasteiger partial charge in [-0.15, -0.1) is 0 Å². The Bertz CT molecular complexity index is 581. The van der Waals surface area contributed by atoms with Crippen LogP contribution in [0.4, 0.5) is 0 Å². The van der Waals surface area contributed by atoms with Crippen LogP contribution in [0.3, 0.4) is 0 Å². The zero-order valence-electron chi connectivity index (χ0n) is 20.2. The van der Waals surface area contributed by atoms with Crippen LogP contribution in [-0.2, 0) is 12.8 Å². The first-order chi connectivity index (χ1) is 13.5. The summed E-state index contributed by atoms with van der Waals surface area (Å²) in [7, 11) is 0. The second kappa shape index (κ2) is 12.5. The van der Waals surface area contributed by atoms with Crippen molar-refractivity contribution in [3.8, 4) is 11.5 Å². The van der Waals surface area contributed by atoms with Gasteiger partial charge in [-0.05, 0) is 72.6 Å². The highest BCUT2D eigenvalue weighted by Crippen LogP contribution is 2.31. The van der Waals surface area contributed by atoms with E-state index in [-0.39, 0.29) is 0 Å². The maximum atomic E-state index is 10.7. The van der Waals surface area contributed by atoms with E-state index < -0.39 is 0 Å². The molecule has 0 heterocycles. The van der Waals surface area contributed by atoms with Crippen LogP contribution >= 0.6 is 0 Å². The average molecular weight is 405 g/mol. The van der Waals surface area contributed by atoms with Crippen molar-refractivity contribution in [3.63, 3.8) is 0 Å². The van der Waals surface area contributed by atoms with Gasteiger partial charge < -0.3 is 10.2 Å². The van der Waals surface area contributed by atoms with Crippen molar-refractivity contribution in [2.24, 2.45) is 10.8 Å². The Labute approximate surface area is 181 Å². The largest absolute Gasteiger partial charge is 0.508 e. The van der Waals surface area contributed by atoms with Crippen molar-refractivity contribution >= 4 is 0 Å². The van der Waals surface area contributed by atoms with Gasteiger partial charge in [-0.3, -0.25) is 0 Å². The molecule has 0 unspecified atom stereocenters. The first-order valence-electron chi connectivity index (χ1n) is 12.1. The summed E-state index contributed by atoms with van der Waals surface area (Å²) in [5.41, 5.74) is 2.72. The normalized spacial score (nSPS) is 12.5. The minimum absolute atomic E-state index is 0.297. The van der Waals surface area contributed by atoms with Crippen LogP contribution in [0.1, 0.15) is 123 Å². The SMILES string of the molecule is CCC(C)(C)CCCCCCc1cc(O)cc(CCCCCCC(C)(C)C)c1O. The van der Waals surface area contributed by atoms with E-state index in [1.807, 2.05) is 0 Å². The van der Waals surface area contributed by atoms with Gasteiger partial charge in [0.1, 0.15) is 11.5 Å². The molecule has 0 bridgehead atoms. The monoisotopic (exact) mass is 404 g/mol. The standard InChI is InChI=1S/C27H48O2/c1-7-27(5,6)19-15-11-9-13-17-23-21-24(28)20-22(25(23)29)16-12-8-10-14-18-26(2,3)4/h20-21,28-29H,7-19H2,1-6H3. The Hall–Kier alpha value is -1.18. The van der Waals surface area contributed by atoms with E-state index in [1.165, 1.54) is 57.8 Å². The molecule has 2 heteroatoms. The van der Waals surface area contributed by atoms with Crippen LogP contribution in [-0.4, -0.2) is 10.2 Å². The molecule has 0 aromatic heterocycles. The quantitative estimate of drug-likeness (QED) is 0.241. The van der Waals surface area contributed by atoms with Crippen molar-refractivity contribution in [2.75, 3.05) is 0 Å². The third-order valence-electron chi connectivity index (χ3n) is 6.38. The summed E-state index contributed by atoms with van der Waals surface area (Å²) in [5.74, 6) is 0.717. The number of aromatic hydroxyl groups is 2. The Kier molecular flexibility index (Phi) is 11.1. The van der Waals surface area contributed by atoms with Crippen molar-refractivity contribution in [2.45, 2.75) is 125 Å². The van der Waals surface area contributed by atoms with Crippen LogP contribution in [0.5, 0.6) is 11.5 Å². The lowest BCUT2D eigenvalue weighted by atomic mass is 9.84. The van der Waals surface area contributed by atoms with Crippen LogP contribution < -0.4 is 0 Å². The first kappa shape index (κ1) is 25.9. The predicted octanol–water partition coefficient (Wildman–Crippen LogP) is 8.57. The van der Waals surface area contributed by atoms with Gasteiger partial charge in [0, 0.05) is 0 Å². The number of phenolic OH excluding ortho intramolecular Hbond substituents is 2. The van der Waals surface area contributed by atoms with E-state index in [0.29, 0.717) is 22.3 Å². The summed E-state index contributed by atoms with van der Waals surface area (Å²) in [6.45, 7) is 13.9. The molecule has 29 heavy (non-hydrogen) atoms. The van der Waals surface area contributed by atoms with Gasteiger partial charge in [0.2, 0.25) is 0 Å². The van der Waals surface area contributed by atoms with Gasteiger partial charge in [-0.2, -0.15) is 0 Å². The summed E-state index contributed by atoms with van der Waals surface area (Å²) in [6.07, 6.45) is 15.1. The second-order valence-electron chi connectivity index (χ2n) is 11.0. The van der Waals surface area contributed by atoms with Crippen LogP contribution in [0.15, 0.2) is 12.1 Å². The maximum Gasteiger partial charge on any atom is 0.122 e. The molecule has 0 saturated carbocycles. The van der Waals surface area contributed by atoms with Gasteiger partial charge in [-0.25, -0.2) is 0 Å². The van der Waals surface area contributed by atoms with Gasteiger partial charge in [0.05, 0.1) is 0 Å². The molecule has 1 aromatic carbocycles. The minimum Gasteiger partial charge on any atom is -0.508 e. The molecule has 0 amide bonds. The average Bonchev–Trinajstić information content (AvgIpc) is 2.63. The highest BCUT2D eigenvalue weighted by Gasteiger charge is 2.14. The van der Waals surface area contributed by atoms with Crippen molar-refractivity contribution < 1.29 is 10.2 Å². The molecular formula is C27H48O2. The molecule has 1 aromatic rings. The molecule has 0 aliphatic rings. The number of benzene rings is 1. The molecule has 1 rings (SSSR count). The lowest BCUT2D eigenvalue weighted by Crippen LogP contribution is -2.08. The van der Waals surface area contributed by atoms with Crippen molar-refractivity contribution in [3.05, 3.63) is 23.3 Å². The highest BCUT2D eigenvalue weighted by atomic mass is 16.3. The molecule has 0 spiro atoms. The van der Waals surface area contributed by atoms with Crippen molar-refractivity contribution in [1.82, 2.24) is 0 Å². The fraction of sp³-hybridized carbons (Fsp3) is 0.778. The fourth-order valence-corrected chi connectivity index (χ4v) is 3.90. The third kappa shape index (κ3) is 11.6. The molecule has 0 saturated heterocycles. The van der Waals surface area contributed by atoms with Crippen LogP contribution in [0.2, 0.25) is 0 Å². The van der Waals surface area contributed by atoms with E-state index in [1.54, 1.807) is 12.1 Å². The number of unbranched alkanes of at least 4 members (excludes halogenated alkanes) is 6. The van der Waals surface area contributed by atoms with E-state index in [9.17, 15) is 10.2 Å². The van der Waals surface area contributed by atoms with E-state index in [0.717, 1.165) is 36.8 Å². The predicted molar refractivity (Wildman–Crippen MR) is 127 cm³/mol. The molecule has 0 atom stereocenters. The Morgan fingerprint density at radius 1 is 0.655 bits per heavy atom. The molecule has 0 aliphatic carbocycles. The van der Waals surface area contributed by atoms with Crippen LogP contribution in [0.25, 0.3) is 0 Å². The molecular weight excluding hydrogens is 356 g/mol. The summed E-state index contributed by atoms with van der Waals surface area (Å²) >= 11 is 0. The summed E-state index contributed by atoms with van der Waals surface area (Å²) in [5, 5.41) is 20.7. The van der Waals surface area contributed by atoms with Crippen LogP contribution in [0, 0.1) is 10.8 Å². The lowest BCUT2D eigenvalue weighted by Gasteiger charge is -2.22. The number of rotatable bonds is 14. The summed E-state index contributed by atoms with van der Waals surface area (Å²) in [6, 6.07) is 3.50. The van der Waals surface area contributed by atoms with E-state index >= 15 is 0 Å².